The summed E-state index contributed by atoms with van der Waals surface area (Å²) in [7, 11) is 1.61. The van der Waals surface area contributed by atoms with Gasteiger partial charge in [0.15, 0.2) is 0 Å². The largest absolute Gasteiger partial charge is 0.494 e. The van der Waals surface area contributed by atoms with Crippen LogP contribution in [0.4, 0.5) is 0 Å². The molecule has 27 heavy (non-hydrogen) atoms. The second kappa shape index (κ2) is 7.89. The molecule has 0 atom stereocenters. The first-order valence-electron chi connectivity index (χ1n) is 7.88. The van der Waals surface area contributed by atoms with Crippen molar-refractivity contribution < 1.29 is 9.15 Å². The summed E-state index contributed by atoms with van der Waals surface area (Å²) in [5, 5.41) is 20.7. The van der Waals surface area contributed by atoms with Gasteiger partial charge in [-0.15, -0.1) is 15.3 Å². The highest BCUT2D eigenvalue weighted by atomic mass is 79.9. The van der Waals surface area contributed by atoms with Crippen molar-refractivity contribution >= 4 is 27.7 Å². The Morgan fingerprint density at radius 2 is 1.89 bits per heavy atom. The number of hydrogen-bond acceptors (Lipinski definition) is 8. The molecule has 4 rings (SSSR count). The lowest BCUT2D eigenvalue weighted by molar-refractivity contribution is 0.410. The number of halogens is 1. The molecule has 0 radical (unpaired) electrons. The predicted molar refractivity (Wildman–Crippen MR) is 103 cm³/mol. The number of ether oxygens (including phenoxy) is 1. The summed E-state index contributed by atoms with van der Waals surface area (Å²) in [5.74, 6) is 2.07. The highest BCUT2D eigenvalue weighted by Crippen LogP contribution is 2.29. The Morgan fingerprint density at radius 3 is 2.74 bits per heavy atom. The first-order chi connectivity index (χ1) is 13.3. The molecule has 0 aliphatic heterocycles. The maximum atomic E-state index is 5.76. The maximum Gasteiger partial charge on any atom is 0.248 e. The molecule has 0 saturated heterocycles. The Balaban J connectivity index is 1.53. The molecule has 2 aromatic carbocycles. The fourth-order valence-corrected chi connectivity index (χ4v) is 3.58. The van der Waals surface area contributed by atoms with Crippen LogP contribution in [0, 0.1) is 0 Å². The van der Waals surface area contributed by atoms with E-state index in [-0.39, 0.29) is 0 Å². The average Bonchev–Trinajstić information content (AvgIpc) is 3.36. The Morgan fingerprint density at radius 1 is 1.07 bits per heavy atom. The van der Waals surface area contributed by atoms with E-state index in [2.05, 4.69) is 41.7 Å². The number of tetrazole rings is 1. The van der Waals surface area contributed by atoms with Crippen molar-refractivity contribution in [2.45, 2.75) is 10.9 Å². The lowest BCUT2D eigenvalue weighted by atomic mass is 10.2. The number of thioether (sulfide) groups is 1. The van der Waals surface area contributed by atoms with Gasteiger partial charge < -0.3 is 9.15 Å². The molecule has 10 heteroatoms. The third kappa shape index (κ3) is 3.71. The second-order valence-corrected chi connectivity index (χ2v) is 7.11. The number of nitrogens with zero attached hydrogens (tertiary/aromatic N) is 6. The lowest BCUT2D eigenvalue weighted by Gasteiger charge is -2.08. The smallest absolute Gasteiger partial charge is 0.248 e. The standard InChI is InChI=1S/C17H13BrN6O2S/c1-25-14-9-5-4-8-13(14)24-17(21-22-23-24)27-10-15-19-20-16(26-15)11-6-2-3-7-12(11)18/h2-9H,10H2,1H3. The third-order valence-corrected chi connectivity index (χ3v) is 5.25. The summed E-state index contributed by atoms with van der Waals surface area (Å²) in [6.07, 6.45) is 0. The summed E-state index contributed by atoms with van der Waals surface area (Å²) < 4.78 is 13.7. The number of methoxy groups -OCH3 is 1. The molecule has 0 bridgehead atoms. The number of rotatable bonds is 6. The van der Waals surface area contributed by atoms with Gasteiger partial charge in [-0.1, -0.05) is 36.0 Å². The molecule has 136 valence electrons. The van der Waals surface area contributed by atoms with Crippen LogP contribution >= 0.6 is 27.7 Å². The van der Waals surface area contributed by atoms with Crippen LogP contribution < -0.4 is 4.74 Å². The van der Waals surface area contributed by atoms with Crippen molar-refractivity contribution in [3.8, 4) is 22.9 Å². The minimum absolute atomic E-state index is 0.437. The van der Waals surface area contributed by atoms with Crippen molar-refractivity contribution in [3.05, 3.63) is 58.9 Å². The molecule has 0 fully saturated rings. The van der Waals surface area contributed by atoms with Gasteiger partial charge in [0.1, 0.15) is 11.4 Å². The van der Waals surface area contributed by atoms with E-state index in [0.717, 1.165) is 15.7 Å². The van der Waals surface area contributed by atoms with Gasteiger partial charge in [-0.05, 0) is 50.6 Å². The summed E-state index contributed by atoms with van der Waals surface area (Å²) in [4.78, 5) is 0. The van der Waals surface area contributed by atoms with Crippen molar-refractivity contribution in [2.75, 3.05) is 7.11 Å². The van der Waals surface area contributed by atoms with Gasteiger partial charge in [0.25, 0.3) is 0 Å². The topological polar surface area (TPSA) is 91.8 Å². The van der Waals surface area contributed by atoms with Gasteiger partial charge >= 0.3 is 0 Å². The van der Waals surface area contributed by atoms with Crippen molar-refractivity contribution in [1.82, 2.24) is 30.4 Å². The maximum absolute atomic E-state index is 5.76. The van der Waals surface area contributed by atoms with Gasteiger partial charge in [0, 0.05) is 4.47 Å². The third-order valence-electron chi connectivity index (χ3n) is 3.65. The van der Waals surface area contributed by atoms with Crippen LogP contribution in [-0.4, -0.2) is 37.5 Å². The summed E-state index contributed by atoms with van der Waals surface area (Å²) in [6, 6.07) is 15.2. The molecule has 0 aliphatic carbocycles. The van der Waals surface area contributed by atoms with E-state index in [1.807, 2.05) is 48.5 Å². The quantitative estimate of drug-likeness (QED) is 0.414. The highest BCUT2D eigenvalue weighted by Gasteiger charge is 2.16. The van der Waals surface area contributed by atoms with E-state index in [1.165, 1.54) is 11.8 Å². The summed E-state index contributed by atoms with van der Waals surface area (Å²) in [6.45, 7) is 0. The zero-order chi connectivity index (χ0) is 18.6. The van der Waals surface area contributed by atoms with Crippen LogP contribution in [0.2, 0.25) is 0 Å². The zero-order valence-corrected chi connectivity index (χ0v) is 16.5. The van der Waals surface area contributed by atoms with E-state index >= 15 is 0 Å². The molecule has 0 spiro atoms. The predicted octanol–water partition coefficient (Wildman–Crippen LogP) is 3.78. The SMILES string of the molecule is COc1ccccc1-n1nnnc1SCc1nnc(-c2ccccc2Br)o1. The molecule has 2 heterocycles. The zero-order valence-electron chi connectivity index (χ0n) is 14.1. The van der Waals surface area contributed by atoms with Gasteiger partial charge in [-0.2, -0.15) is 4.68 Å². The molecule has 4 aromatic rings. The lowest BCUT2D eigenvalue weighted by Crippen LogP contribution is -2.01. The number of aromatic nitrogens is 6. The second-order valence-electron chi connectivity index (χ2n) is 5.31. The molecule has 8 nitrogen and oxygen atoms in total. The number of para-hydroxylation sites is 2. The first-order valence-corrected chi connectivity index (χ1v) is 9.66. The van der Waals surface area contributed by atoms with E-state index < -0.39 is 0 Å². The van der Waals surface area contributed by atoms with Crippen LogP contribution in [0.15, 0.2) is 62.6 Å². The van der Waals surface area contributed by atoms with Crippen molar-refractivity contribution in [3.63, 3.8) is 0 Å². The van der Waals surface area contributed by atoms with Crippen molar-refractivity contribution in [1.29, 1.82) is 0 Å². The summed E-state index contributed by atoms with van der Waals surface area (Å²) in [5.41, 5.74) is 1.60. The molecule has 0 aliphatic rings. The fourth-order valence-electron chi connectivity index (χ4n) is 2.41. The van der Waals surface area contributed by atoms with Crippen LogP contribution in [0.5, 0.6) is 5.75 Å². The van der Waals surface area contributed by atoms with Gasteiger partial charge in [0.2, 0.25) is 16.9 Å². The van der Waals surface area contributed by atoms with E-state index in [4.69, 9.17) is 9.15 Å². The molecule has 0 amide bonds. The fraction of sp³-hybridized carbons (Fsp3) is 0.118. The Kier molecular flexibility index (Phi) is 5.16. The van der Waals surface area contributed by atoms with Crippen LogP contribution in [0.3, 0.4) is 0 Å². The van der Waals surface area contributed by atoms with E-state index in [9.17, 15) is 0 Å². The number of hydrogen-bond donors (Lipinski definition) is 0. The van der Waals surface area contributed by atoms with Crippen LogP contribution in [-0.2, 0) is 5.75 Å². The molecule has 0 saturated carbocycles. The Hall–Kier alpha value is -2.72. The van der Waals surface area contributed by atoms with Crippen molar-refractivity contribution in [2.24, 2.45) is 0 Å². The van der Waals surface area contributed by atoms with Crippen LogP contribution in [0.25, 0.3) is 17.1 Å². The molecule has 2 aromatic heterocycles. The molecular weight excluding hydrogens is 432 g/mol. The molecular formula is C17H13BrN6O2S. The Bertz CT molecular complexity index is 1070. The molecule has 0 unspecified atom stereocenters. The van der Waals surface area contributed by atoms with Gasteiger partial charge in [0.05, 0.1) is 18.4 Å². The minimum atomic E-state index is 0.437. The van der Waals surface area contributed by atoms with Gasteiger partial charge in [-0.25, -0.2) is 0 Å². The monoisotopic (exact) mass is 444 g/mol. The summed E-state index contributed by atoms with van der Waals surface area (Å²) >= 11 is 4.88. The van der Waals surface area contributed by atoms with Gasteiger partial charge in [-0.3, -0.25) is 0 Å². The molecule has 0 N–H and O–H groups in total. The van der Waals surface area contributed by atoms with E-state index in [1.54, 1.807) is 11.8 Å². The van der Waals surface area contributed by atoms with E-state index in [0.29, 0.717) is 28.4 Å². The minimum Gasteiger partial charge on any atom is -0.494 e. The normalized spacial score (nSPS) is 10.9. The average molecular weight is 445 g/mol. The highest BCUT2D eigenvalue weighted by molar-refractivity contribution is 9.10. The Labute approximate surface area is 167 Å². The van der Waals surface area contributed by atoms with Crippen LogP contribution in [0.1, 0.15) is 5.89 Å². The number of benzene rings is 2. The first kappa shape index (κ1) is 17.7.